The topological polar surface area (TPSA) is 41.5 Å². The van der Waals surface area contributed by atoms with Crippen molar-refractivity contribution in [2.24, 2.45) is 0 Å². The molecular weight excluding hydrogens is 423 g/mol. The van der Waals surface area contributed by atoms with Crippen LogP contribution in [0.1, 0.15) is 46.5 Å². The summed E-state index contributed by atoms with van der Waals surface area (Å²) in [6.07, 6.45) is 4.47. The fourth-order valence-corrected chi connectivity index (χ4v) is 5.39. The molecule has 1 saturated heterocycles. The molecule has 5 rings (SSSR count). The molecule has 2 aliphatic rings. The van der Waals surface area contributed by atoms with E-state index in [1.165, 1.54) is 35.8 Å². The number of fused-ring (bicyclic) bond motifs is 1. The Morgan fingerprint density at radius 1 is 1.03 bits per heavy atom. The summed E-state index contributed by atoms with van der Waals surface area (Å²) in [5.74, 6) is 1.75. The number of aromatic nitrogens is 2. The molecule has 4 heterocycles. The van der Waals surface area contributed by atoms with E-state index in [0.29, 0.717) is 17.2 Å². The van der Waals surface area contributed by atoms with Crippen LogP contribution in [0.5, 0.6) is 11.6 Å². The van der Waals surface area contributed by atoms with Crippen molar-refractivity contribution < 1.29 is 9.13 Å². The summed E-state index contributed by atoms with van der Waals surface area (Å²) in [4.78, 5) is 16.0. The number of thiophene rings is 1. The smallest absolute Gasteiger partial charge is 0.228 e. The van der Waals surface area contributed by atoms with Gasteiger partial charge in [-0.15, -0.1) is 11.3 Å². The van der Waals surface area contributed by atoms with E-state index >= 15 is 0 Å². The molecule has 168 valence electrons. The quantitative estimate of drug-likeness (QED) is 0.501. The molecule has 3 aromatic rings. The number of ether oxygens (including phenoxy) is 1. The highest BCUT2D eigenvalue weighted by atomic mass is 32.1. The van der Waals surface area contributed by atoms with Gasteiger partial charge in [-0.3, -0.25) is 4.90 Å². The maximum absolute atomic E-state index is 13.8. The van der Waals surface area contributed by atoms with Crippen LogP contribution in [0.4, 0.5) is 10.3 Å². The highest BCUT2D eigenvalue weighted by Gasteiger charge is 2.26. The molecule has 0 amide bonds. The van der Waals surface area contributed by atoms with Gasteiger partial charge in [0.1, 0.15) is 11.6 Å². The van der Waals surface area contributed by atoms with Crippen molar-refractivity contribution in [2.45, 2.75) is 52.6 Å². The molecule has 7 heteroatoms. The van der Waals surface area contributed by atoms with E-state index in [0.717, 1.165) is 56.4 Å². The molecule has 0 atom stereocenters. The van der Waals surface area contributed by atoms with Crippen molar-refractivity contribution in [1.29, 1.82) is 0 Å². The number of anilines is 1. The van der Waals surface area contributed by atoms with Crippen molar-refractivity contribution in [3.05, 3.63) is 62.7 Å². The van der Waals surface area contributed by atoms with E-state index in [9.17, 15) is 4.39 Å². The first kappa shape index (κ1) is 21.3. The molecule has 2 aromatic heterocycles. The number of piperidine rings is 1. The minimum atomic E-state index is -0.228. The van der Waals surface area contributed by atoms with Crippen LogP contribution >= 0.6 is 11.3 Å². The predicted octanol–water partition coefficient (Wildman–Crippen LogP) is 5.63. The van der Waals surface area contributed by atoms with Crippen molar-refractivity contribution >= 4 is 17.3 Å². The number of hydrogen-bond acceptors (Lipinski definition) is 6. The first-order valence-corrected chi connectivity index (χ1v) is 12.3. The molecule has 0 unspecified atom stereocenters. The van der Waals surface area contributed by atoms with E-state index in [2.05, 4.69) is 28.2 Å². The molecule has 1 aromatic carbocycles. The van der Waals surface area contributed by atoms with Gasteiger partial charge in [0.25, 0.3) is 0 Å². The first-order chi connectivity index (χ1) is 15.6. The highest BCUT2D eigenvalue weighted by molar-refractivity contribution is 7.10. The van der Waals surface area contributed by atoms with E-state index in [4.69, 9.17) is 14.7 Å². The average molecular weight is 453 g/mol. The van der Waals surface area contributed by atoms with Crippen LogP contribution in [0.15, 0.2) is 29.6 Å². The second-order valence-corrected chi connectivity index (χ2v) is 9.80. The van der Waals surface area contributed by atoms with Crippen molar-refractivity contribution in [1.82, 2.24) is 14.9 Å². The van der Waals surface area contributed by atoms with Gasteiger partial charge in [0.2, 0.25) is 11.8 Å². The van der Waals surface area contributed by atoms with Crippen molar-refractivity contribution in [3.63, 3.8) is 0 Å². The van der Waals surface area contributed by atoms with Crippen LogP contribution in [0.3, 0.4) is 0 Å². The number of hydrogen-bond donors (Lipinski definition) is 0. The summed E-state index contributed by atoms with van der Waals surface area (Å²) in [6, 6.07) is 7.04. The number of aryl methyl sites for hydroxylation is 2. The van der Waals surface area contributed by atoms with E-state index in [-0.39, 0.29) is 5.82 Å². The zero-order chi connectivity index (χ0) is 22.1. The maximum atomic E-state index is 13.8. The van der Waals surface area contributed by atoms with Crippen LogP contribution < -0.4 is 9.64 Å². The predicted molar refractivity (Wildman–Crippen MR) is 126 cm³/mol. The average Bonchev–Trinajstić information content (AvgIpc) is 3.21. The Morgan fingerprint density at radius 3 is 2.62 bits per heavy atom. The van der Waals surface area contributed by atoms with Crippen LogP contribution in [-0.4, -0.2) is 34.5 Å². The van der Waals surface area contributed by atoms with E-state index in [1.54, 1.807) is 19.1 Å². The van der Waals surface area contributed by atoms with Gasteiger partial charge < -0.3 is 9.64 Å². The van der Waals surface area contributed by atoms with Crippen molar-refractivity contribution in [2.75, 3.05) is 24.5 Å². The number of halogens is 1. The number of nitrogens with zero attached hydrogens (tertiary/aromatic N) is 4. The fraction of sp³-hybridized carbons (Fsp3) is 0.440. The molecule has 0 N–H and O–H groups in total. The third-order valence-corrected chi connectivity index (χ3v) is 7.42. The Labute approximate surface area is 192 Å². The molecule has 0 aliphatic carbocycles. The van der Waals surface area contributed by atoms with Crippen LogP contribution in [0.25, 0.3) is 0 Å². The summed E-state index contributed by atoms with van der Waals surface area (Å²) in [7, 11) is 0. The Kier molecular flexibility index (Phi) is 6.11. The Hall–Kier alpha value is -2.51. The molecule has 0 saturated carbocycles. The Bertz CT molecular complexity index is 1110. The summed E-state index contributed by atoms with van der Waals surface area (Å²) >= 11 is 1.81. The van der Waals surface area contributed by atoms with E-state index in [1.807, 2.05) is 11.3 Å². The molecule has 32 heavy (non-hydrogen) atoms. The summed E-state index contributed by atoms with van der Waals surface area (Å²) in [6.45, 7) is 8.53. The van der Waals surface area contributed by atoms with Crippen LogP contribution in [0.2, 0.25) is 0 Å². The summed E-state index contributed by atoms with van der Waals surface area (Å²) in [5, 5.41) is 2.15. The van der Waals surface area contributed by atoms with Crippen molar-refractivity contribution in [3.8, 4) is 11.6 Å². The lowest BCUT2D eigenvalue weighted by Gasteiger charge is -2.31. The largest absolute Gasteiger partial charge is 0.438 e. The lowest BCUT2D eigenvalue weighted by Crippen LogP contribution is -2.34. The Balaban J connectivity index is 1.47. The van der Waals surface area contributed by atoms with E-state index < -0.39 is 0 Å². The number of rotatable bonds is 5. The molecule has 0 bridgehead atoms. The number of benzene rings is 1. The molecule has 0 radical (unpaired) electrons. The highest BCUT2D eigenvalue weighted by Crippen LogP contribution is 2.33. The lowest BCUT2D eigenvalue weighted by atomic mass is 10.1. The SMILES string of the molecule is Cc1cc(Oc2nc(N3CCCCC3)nc3c2CN(Cc2sccc2C)CC3)ccc1F. The molecular formula is C25H29FN4OS. The molecule has 2 aliphatic heterocycles. The zero-order valence-corrected chi connectivity index (χ0v) is 19.6. The Morgan fingerprint density at radius 2 is 1.88 bits per heavy atom. The van der Waals surface area contributed by atoms with Gasteiger partial charge in [-0.25, -0.2) is 9.37 Å². The molecule has 5 nitrogen and oxygen atoms in total. The minimum Gasteiger partial charge on any atom is -0.438 e. The lowest BCUT2D eigenvalue weighted by molar-refractivity contribution is 0.240. The molecule has 1 fully saturated rings. The third kappa shape index (κ3) is 4.50. The van der Waals surface area contributed by atoms with Gasteiger partial charge >= 0.3 is 0 Å². The minimum absolute atomic E-state index is 0.228. The zero-order valence-electron chi connectivity index (χ0n) is 18.7. The first-order valence-electron chi connectivity index (χ1n) is 11.4. The van der Waals surface area contributed by atoms with Gasteiger partial charge in [0.05, 0.1) is 11.3 Å². The van der Waals surface area contributed by atoms with Crippen LogP contribution in [0, 0.1) is 19.7 Å². The normalized spacial score (nSPS) is 16.8. The monoisotopic (exact) mass is 452 g/mol. The summed E-state index contributed by atoms with van der Waals surface area (Å²) in [5.41, 5.74) is 4.04. The fourth-order valence-electron chi connectivity index (χ4n) is 4.44. The van der Waals surface area contributed by atoms with Crippen LogP contribution in [-0.2, 0) is 19.5 Å². The summed E-state index contributed by atoms with van der Waals surface area (Å²) < 4.78 is 20.1. The maximum Gasteiger partial charge on any atom is 0.228 e. The van der Waals surface area contributed by atoms with Gasteiger partial charge in [0, 0.05) is 44.0 Å². The van der Waals surface area contributed by atoms with Gasteiger partial charge in [0.15, 0.2) is 0 Å². The van der Waals surface area contributed by atoms with Gasteiger partial charge in [-0.1, -0.05) is 0 Å². The standard InChI is InChI=1S/C25H29FN4OS/c1-17-9-13-32-23(17)16-29-12-8-22-20(15-29)24(31-19-6-7-21(26)18(2)14-19)28-25(27-22)30-10-4-3-5-11-30/h6-7,9,13-14H,3-5,8,10-12,15-16H2,1-2H3. The second kappa shape index (κ2) is 9.16. The third-order valence-electron chi connectivity index (χ3n) is 6.41. The van der Waals surface area contributed by atoms with Gasteiger partial charge in [-0.2, -0.15) is 4.98 Å². The van der Waals surface area contributed by atoms with Gasteiger partial charge in [-0.05, 0) is 73.9 Å². The molecule has 0 spiro atoms. The second-order valence-electron chi connectivity index (χ2n) is 8.80.